The third-order valence-electron chi connectivity index (χ3n) is 3.76. The second-order valence-electron chi connectivity index (χ2n) is 5.64. The molecule has 3 aromatic carbocycles. The SMILES string of the molecule is C[C@@H](Oc1cccc2ccccc12)C(=O)N/N=C\c1ccc(Cl)cc1Cl. The number of carbonyl (C=O) groups is 1. The molecular formula is C20H16Cl2N2O2. The summed E-state index contributed by atoms with van der Waals surface area (Å²) < 4.78 is 5.80. The molecular weight excluding hydrogens is 371 g/mol. The first-order valence-electron chi connectivity index (χ1n) is 7.97. The van der Waals surface area contributed by atoms with Crippen molar-refractivity contribution in [3.63, 3.8) is 0 Å². The molecule has 0 radical (unpaired) electrons. The second-order valence-corrected chi connectivity index (χ2v) is 6.48. The molecule has 0 aliphatic carbocycles. The molecule has 4 nitrogen and oxygen atoms in total. The lowest BCUT2D eigenvalue weighted by atomic mass is 10.1. The molecule has 0 aliphatic heterocycles. The predicted molar refractivity (Wildman–Crippen MR) is 106 cm³/mol. The van der Waals surface area contributed by atoms with Crippen molar-refractivity contribution in [2.45, 2.75) is 13.0 Å². The van der Waals surface area contributed by atoms with Crippen LogP contribution >= 0.6 is 23.2 Å². The number of nitrogens with one attached hydrogen (secondary N) is 1. The number of amides is 1. The highest BCUT2D eigenvalue weighted by atomic mass is 35.5. The van der Waals surface area contributed by atoms with Crippen molar-refractivity contribution in [3.8, 4) is 5.75 Å². The van der Waals surface area contributed by atoms with Gasteiger partial charge in [-0.25, -0.2) is 5.43 Å². The van der Waals surface area contributed by atoms with Crippen molar-refractivity contribution >= 4 is 46.1 Å². The smallest absolute Gasteiger partial charge is 0.280 e. The van der Waals surface area contributed by atoms with Gasteiger partial charge >= 0.3 is 0 Å². The Morgan fingerprint density at radius 2 is 1.88 bits per heavy atom. The van der Waals surface area contributed by atoms with E-state index in [2.05, 4.69) is 10.5 Å². The van der Waals surface area contributed by atoms with Gasteiger partial charge in [-0.05, 0) is 30.5 Å². The first kappa shape index (κ1) is 18.2. The van der Waals surface area contributed by atoms with Crippen molar-refractivity contribution < 1.29 is 9.53 Å². The van der Waals surface area contributed by atoms with Crippen LogP contribution in [0.4, 0.5) is 0 Å². The Kier molecular flexibility index (Phi) is 5.76. The van der Waals surface area contributed by atoms with E-state index in [0.29, 0.717) is 21.4 Å². The number of nitrogens with zero attached hydrogens (tertiary/aromatic N) is 1. The average molecular weight is 387 g/mol. The molecule has 1 N–H and O–H groups in total. The molecule has 1 atom stereocenters. The zero-order valence-electron chi connectivity index (χ0n) is 13.9. The van der Waals surface area contributed by atoms with Crippen LogP contribution in [-0.2, 0) is 4.79 Å². The maximum absolute atomic E-state index is 12.2. The average Bonchev–Trinajstić information content (AvgIpc) is 2.63. The van der Waals surface area contributed by atoms with Crippen LogP contribution in [0.5, 0.6) is 5.75 Å². The summed E-state index contributed by atoms with van der Waals surface area (Å²) in [5.41, 5.74) is 3.11. The van der Waals surface area contributed by atoms with Gasteiger partial charge in [0.15, 0.2) is 6.10 Å². The highest BCUT2D eigenvalue weighted by Gasteiger charge is 2.15. The van der Waals surface area contributed by atoms with Crippen molar-refractivity contribution in [2.24, 2.45) is 5.10 Å². The Hall–Kier alpha value is -2.56. The molecule has 132 valence electrons. The highest BCUT2D eigenvalue weighted by Crippen LogP contribution is 2.26. The van der Waals surface area contributed by atoms with Gasteiger partial charge in [0.1, 0.15) is 5.75 Å². The number of halogens is 2. The zero-order chi connectivity index (χ0) is 18.5. The van der Waals surface area contributed by atoms with Gasteiger partial charge < -0.3 is 4.74 Å². The molecule has 0 saturated carbocycles. The van der Waals surface area contributed by atoms with Crippen molar-refractivity contribution in [1.29, 1.82) is 0 Å². The van der Waals surface area contributed by atoms with Crippen molar-refractivity contribution in [3.05, 3.63) is 76.3 Å². The van der Waals surface area contributed by atoms with Crippen molar-refractivity contribution in [2.75, 3.05) is 0 Å². The van der Waals surface area contributed by atoms with Gasteiger partial charge in [-0.15, -0.1) is 0 Å². The lowest BCUT2D eigenvalue weighted by Gasteiger charge is -2.14. The monoisotopic (exact) mass is 386 g/mol. The van der Waals surface area contributed by atoms with Crippen LogP contribution in [0.1, 0.15) is 12.5 Å². The van der Waals surface area contributed by atoms with Gasteiger partial charge in [-0.3, -0.25) is 4.79 Å². The minimum Gasteiger partial charge on any atom is -0.480 e. The van der Waals surface area contributed by atoms with E-state index in [1.165, 1.54) is 6.21 Å². The topological polar surface area (TPSA) is 50.7 Å². The predicted octanol–water partition coefficient (Wildman–Crippen LogP) is 5.06. The zero-order valence-corrected chi connectivity index (χ0v) is 15.5. The van der Waals surface area contributed by atoms with Crippen LogP contribution in [0, 0.1) is 0 Å². The van der Waals surface area contributed by atoms with Gasteiger partial charge in [-0.1, -0.05) is 65.7 Å². The Morgan fingerprint density at radius 3 is 2.69 bits per heavy atom. The van der Waals surface area contributed by atoms with Gasteiger partial charge in [-0.2, -0.15) is 5.10 Å². The minimum absolute atomic E-state index is 0.362. The molecule has 1 amide bonds. The highest BCUT2D eigenvalue weighted by molar-refractivity contribution is 6.36. The van der Waals surface area contributed by atoms with Crippen LogP contribution < -0.4 is 10.2 Å². The molecule has 0 unspecified atom stereocenters. The number of ether oxygens (including phenoxy) is 1. The second kappa shape index (κ2) is 8.21. The minimum atomic E-state index is -0.710. The van der Waals surface area contributed by atoms with E-state index in [1.54, 1.807) is 25.1 Å². The largest absolute Gasteiger partial charge is 0.480 e. The molecule has 0 spiro atoms. The van der Waals surface area contributed by atoms with Crippen LogP contribution in [0.3, 0.4) is 0 Å². The number of fused-ring (bicyclic) bond motifs is 1. The van der Waals surface area contributed by atoms with Crippen LogP contribution in [0.2, 0.25) is 10.0 Å². The molecule has 0 saturated heterocycles. The van der Waals surface area contributed by atoms with E-state index in [9.17, 15) is 4.79 Å². The summed E-state index contributed by atoms with van der Waals surface area (Å²) in [6.45, 7) is 1.67. The number of hydrogen-bond donors (Lipinski definition) is 1. The fourth-order valence-electron chi connectivity index (χ4n) is 2.40. The van der Waals surface area contributed by atoms with Crippen LogP contribution in [-0.4, -0.2) is 18.2 Å². The summed E-state index contributed by atoms with van der Waals surface area (Å²) in [4.78, 5) is 12.2. The number of benzene rings is 3. The quantitative estimate of drug-likeness (QED) is 0.491. The third-order valence-corrected chi connectivity index (χ3v) is 4.33. The number of rotatable bonds is 5. The Balaban J connectivity index is 1.65. The van der Waals surface area contributed by atoms with Crippen molar-refractivity contribution in [1.82, 2.24) is 5.43 Å². The van der Waals surface area contributed by atoms with Gasteiger partial charge in [0.05, 0.1) is 11.2 Å². The van der Waals surface area contributed by atoms with Crippen LogP contribution in [0.15, 0.2) is 65.8 Å². The summed E-state index contributed by atoms with van der Waals surface area (Å²) in [5.74, 6) is 0.287. The summed E-state index contributed by atoms with van der Waals surface area (Å²) in [6.07, 6.45) is 0.750. The Bertz CT molecular complexity index is 968. The summed E-state index contributed by atoms with van der Waals surface area (Å²) in [5, 5.41) is 6.91. The summed E-state index contributed by atoms with van der Waals surface area (Å²) >= 11 is 11.9. The lowest BCUT2D eigenvalue weighted by molar-refractivity contribution is -0.127. The molecule has 3 aromatic rings. The van der Waals surface area contributed by atoms with Gasteiger partial charge in [0.2, 0.25) is 0 Å². The van der Waals surface area contributed by atoms with E-state index in [4.69, 9.17) is 27.9 Å². The Labute approximate surface area is 161 Å². The molecule has 0 aliphatic rings. The molecule has 3 rings (SSSR count). The summed E-state index contributed by atoms with van der Waals surface area (Å²) in [6, 6.07) is 18.6. The normalized spacial score (nSPS) is 12.3. The fourth-order valence-corrected chi connectivity index (χ4v) is 2.86. The van der Waals surface area contributed by atoms with E-state index in [0.717, 1.165) is 10.8 Å². The summed E-state index contributed by atoms with van der Waals surface area (Å²) in [7, 11) is 0. The number of carbonyl (C=O) groups excluding carboxylic acids is 1. The van der Waals surface area contributed by atoms with Crippen LogP contribution in [0.25, 0.3) is 10.8 Å². The maximum Gasteiger partial charge on any atom is 0.280 e. The number of hydrogen-bond acceptors (Lipinski definition) is 3. The van der Waals surface area contributed by atoms with E-state index in [1.807, 2.05) is 42.5 Å². The van der Waals surface area contributed by atoms with E-state index in [-0.39, 0.29) is 5.91 Å². The molecule has 0 aromatic heterocycles. The first-order chi connectivity index (χ1) is 12.5. The van der Waals surface area contributed by atoms with E-state index < -0.39 is 6.10 Å². The standard InChI is InChI=1S/C20H16Cl2N2O2/c1-13(26-19-8-4-6-14-5-2-3-7-17(14)19)20(25)24-23-12-15-9-10-16(21)11-18(15)22/h2-13H,1H3,(H,24,25)/b23-12-/t13-/m1/s1. The molecule has 0 bridgehead atoms. The third kappa shape index (κ3) is 4.34. The lowest BCUT2D eigenvalue weighted by Crippen LogP contribution is -2.33. The number of hydrazone groups is 1. The molecule has 0 fully saturated rings. The molecule has 26 heavy (non-hydrogen) atoms. The molecule has 0 heterocycles. The Morgan fingerprint density at radius 1 is 1.12 bits per heavy atom. The van der Waals surface area contributed by atoms with Gasteiger partial charge in [0, 0.05) is 16.0 Å². The fraction of sp³-hybridized carbons (Fsp3) is 0.100. The molecule has 6 heteroatoms. The van der Waals surface area contributed by atoms with Gasteiger partial charge in [0.25, 0.3) is 5.91 Å². The maximum atomic E-state index is 12.2. The van der Waals surface area contributed by atoms with E-state index >= 15 is 0 Å². The first-order valence-corrected chi connectivity index (χ1v) is 8.72.